The third-order valence-electron chi connectivity index (χ3n) is 3.18. The Morgan fingerprint density at radius 3 is 2.25 bits per heavy atom. The molecule has 1 rings (SSSR count). The zero-order chi connectivity index (χ0) is 15.3. The highest BCUT2D eigenvalue weighted by molar-refractivity contribution is 5.94. The van der Waals surface area contributed by atoms with Crippen LogP contribution in [0, 0.1) is 5.92 Å². The smallest absolute Gasteiger partial charge is 0.251 e. The van der Waals surface area contributed by atoms with E-state index in [0.29, 0.717) is 18.1 Å². The van der Waals surface area contributed by atoms with Gasteiger partial charge in [0.1, 0.15) is 5.75 Å². The lowest BCUT2D eigenvalue weighted by Crippen LogP contribution is -2.50. The maximum Gasteiger partial charge on any atom is 0.251 e. The van der Waals surface area contributed by atoms with Crippen molar-refractivity contribution < 1.29 is 14.6 Å². The number of amides is 1. The van der Waals surface area contributed by atoms with Gasteiger partial charge in [0.2, 0.25) is 0 Å². The SMILES string of the molecule is CC(C)COc1ccc(C(=O)NC(C)(C)C(C)O)cc1. The molecule has 0 fully saturated rings. The Labute approximate surface area is 121 Å². The molecule has 0 heterocycles. The van der Waals surface area contributed by atoms with E-state index in [2.05, 4.69) is 19.2 Å². The molecule has 0 aliphatic carbocycles. The van der Waals surface area contributed by atoms with E-state index in [1.807, 2.05) is 0 Å². The molecule has 0 saturated carbocycles. The highest BCUT2D eigenvalue weighted by Crippen LogP contribution is 2.15. The van der Waals surface area contributed by atoms with Gasteiger partial charge in [0.05, 0.1) is 18.2 Å². The van der Waals surface area contributed by atoms with Crippen molar-refractivity contribution in [3.8, 4) is 5.75 Å². The highest BCUT2D eigenvalue weighted by atomic mass is 16.5. The lowest BCUT2D eigenvalue weighted by atomic mass is 9.98. The van der Waals surface area contributed by atoms with E-state index < -0.39 is 11.6 Å². The molecule has 1 unspecified atom stereocenters. The number of aliphatic hydroxyl groups is 1. The van der Waals surface area contributed by atoms with E-state index in [9.17, 15) is 9.90 Å². The topological polar surface area (TPSA) is 58.6 Å². The Bertz CT molecular complexity index is 436. The number of hydrogen-bond acceptors (Lipinski definition) is 3. The van der Waals surface area contributed by atoms with Crippen molar-refractivity contribution in [1.29, 1.82) is 0 Å². The summed E-state index contributed by atoms with van der Waals surface area (Å²) in [7, 11) is 0. The molecule has 2 N–H and O–H groups in total. The van der Waals surface area contributed by atoms with E-state index in [1.54, 1.807) is 45.0 Å². The van der Waals surface area contributed by atoms with Crippen molar-refractivity contribution in [3.05, 3.63) is 29.8 Å². The van der Waals surface area contributed by atoms with Crippen LogP contribution in [0.4, 0.5) is 0 Å². The lowest BCUT2D eigenvalue weighted by molar-refractivity contribution is 0.0709. The molecule has 0 bridgehead atoms. The lowest BCUT2D eigenvalue weighted by Gasteiger charge is -2.29. The first kappa shape index (κ1) is 16.5. The first-order valence-electron chi connectivity index (χ1n) is 6.96. The van der Waals surface area contributed by atoms with Crippen LogP contribution < -0.4 is 10.1 Å². The quantitative estimate of drug-likeness (QED) is 0.841. The van der Waals surface area contributed by atoms with Gasteiger partial charge in [0.25, 0.3) is 5.91 Å². The molecule has 0 aromatic heterocycles. The van der Waals surface area contributed by atoms with E-state index in [-0.39, 0.29) is 5.91 Å². The van der Waals surface area contributed by atoms with Gasteiger partial charge >= 0.3 is 0 Å². The van der Waals surface area contributed by atoms with Gasteiger partial charge in [-0.15, -0.1) is 0 Å². The molecule has 0 radical (unpaired) electrons. The Hall–Kier alpha value is -1.55. The van der Waals surface area contributed by atoms with Crippen molar-refractivity contribution in [2.45, 2.75) is 46.3 Å². The zero-order valence-corrected chi connectivity index (χ0v) is 12.9. The van der Waals surface area contributed by atoms with Crippen LogP contribution in [0.1, 0.15) is 45.0 Å². The Morgan fingerprint density at radius 2 is 1.80 bits per heavy atom. The van der Waals surface area contributed by atoms with Crippen molar-refractivity contribution >= 4 is 5.91 Å². The Balaban J connectivity index is 2.66. The first-order chi connectivity index (χ1) is 9.22. The molecule has 1 amide bonds. The van der Waals surface area contributed by atoms with Crippen LogP contribution in [0.3, 0.4) is 0 Å². The fourth-order valence-corrected chi connectivity index (χ4v) is 1.43. The van der Waals surface area contributed by atoms with Crippen LogP contribution in [-0.4, -0.2) is 29.3 Å². The van der Waals surface area contributed by atoms with E-state index in [1.165, 1.54) is 0 Å². The summed E-state index contributed by atoms with van der Waals surface area (Å²) >= 11 is 0. The molecule has 0 spiro atoms. The second-order valence-corrected chi connectivity index (χ2v) is 6.08. The predicted octanol–water partition coefficient (Wildman–Crippen LogP) is 2.61. The Morgan fingerprint density at radius 1 is 1.25 bits per heavy atom. The normalized spacial score (nSPS) is 13.2. The molecule has 0 aliphatic rings. The first-order valence-corrected chi connectivity index (χ1v) is 6.96. The van der Waals surface area contributed by atoms with Gasteiger partial charge in [-0.1, -0.05) is 13.8 Å². The second-order valence-electron chi connectivity index (χ2n) is 6.08. The van der Waals surface area contributed by atoms with Gasteiger partial charge in [0, 0.05) is 5.56 Å². The number of rotatable bonds is 6. The van der Waals surface area contributed by atoms with Gasteiger partial charge in [-0.2, -0.15) is 0 Å². The number of hydrogen-bond donors (Lipinski definition) is 2. The predicted molar refractivity (Wildman–Crippen MR) is 80.0 cm³/mol. The molecule has 4 heteroatoms. The fraction of sp³-hybridized carbons (Fsp3) is 0.562. The molecule has 1 aromatic rings. The monoisotopic (exact) mass is 279 g/mol. The molecule has 1 aromatic carbocycles. The van der Waals surface area contributed by atoms with Crippen molar-refractivity contribution in [3.63, 3.8) is 0 Å². The van der Waals surface area contributed by atoms with E-state index in [4.69, 9.17) is 4.74 Å². The number of carbonyl (C=O) groups is 1. The van der Waals surface area contributed by atoms with Gasteiger partial charge in [-0.25, -0.2) is 0 Å². The van der Waals surface area contributed by atoms with Crippen LogP contribution in [0.2, 0.25) is 0 Å². The van der Waals surface area contributed by atoms with Crippen LogP contribution in [0.25, 0.3) is 0 Å². The van der Waals surface area contributed by atoms with Crippen molar-refractivity contribution in [2.75, 3.05) is 6.61 Å². The molecule has 20 heavy (non-hydrogen) atoms. The molecule has 112 valence electrons. The number of benzene rings is 1. The van der Waals surface area contributed by atoms with Gasteiger partial charge in [-0.05, 0) is 51.0 Å². The molecule has 0 saturated heterocycles. The summed E-state index contributed by atoms with van der Waals surface area (Å²) in [5, 5.41) is 12.4. The molecule has 1 atom stereocenters. The molecular formula is C16H25NO3. The van der Waals surface area contributed by atoms with Crippen LogP contribution in [-0.2, 0) is 0 Å². The summed E-state index contributed by atoms with van der Waals surface area (Å²) < 4.78 is 5.57. The maximum absolute atomic E-state index is 12.1. The maximum atomic E-state index is 12.1. The Kier molecular flexibility index (Phi) is 5.57. The second kappa shape index (κ2) is 6.75. The average molecular weight is 279 g/mol. The van der Waals surface area contributed by atoms with Crippen LogP contribution in [0.5, 0.6) is 5.75 Å². The van der Waals surface area contributed by atoms with Crippen molar-refractivity contribution in [2.24, 2.45) is 5.92 Å². The van der Waals surface area contributed by atoms with Crippen molar-refractivity contribution in [1.82, 2.24) is 5.32 Å². The summed E-state index contributed by atoms with van der Waals surface area (Å²) in [6.07, 6.45) is -0.625. The van der Waals surface area contributed by atoms with Gasteiger partial charge in [-0.3, -0.25) is 4.79 Å². The minimum Gasteiger partial charge on any atom is -0.493 e. The fourth-order valence-electron chi connectivity index (χ4n) is 1.43. The minimum atomic E-state index is -0.663. The largest absolute Gasteiger partial charge is 0.493 e. The molecule has 0 aliphatic heterocycles. The van der Waals surface area contributed by atoms with Crippen LogP contribution >= 0.6 is 0 Å². The zero-order valence-electron chi connectivity index (χ0n) is 12.9. The summed E-state index contributed by atoms with van der Waals surface area (Å²) in [6, 6.07) is 7.02. The van der Waals surface area contributed by atoms with Gasteiger partial charge < -0.3 is 15.2 Å². The van der Waals surface area contributed by atoms with Gasteiger partial charge in [0.15, 0.2) is 0 Å². The van der Waals surface area contributed by atoms with E-state index >= 15 is 0 Å². The summed E-state index contributed by atoms with van der Waals surface area (Å²) in [5.41, 5.74) is -0.111. The van der Waals surface area contributed by atoms with E-state index in [0.717, 1.165) is 5.75 Å². The summed E-state index contributed by atoms with van der Waals surface area (Å²) in [4.78, 5) is 12.1. The number of aliphatic hydroxyl groups excluding tert-OH is 1. The van der Waals surface area contributed by atoms with Crippen LogP contribution in [0.15, 0.2) is 24.3 Å². The molecule has 4 nitrogen and oxygen atoms in total. The average Bonchev–Trinajstić information content (AvgIpc) is 2.36. The number of carbonyl (C=O) groups excluding carboxylic acids is 1. The third kappa shape index (κ3) is 4.85. The number of nitrogens with one attached hydrogen (secondary N) is 1. The highest BCUT2D eigenvalue weighted by Gasteiger charge is 2.26. The summed E-state index contributed by atoms with van der Waals surface area (Å²) in [5.74, 6) is 1.01. The standard InChI is InChI=1S/C16H25NO3/c1-11(2)10-20-14-8-6-13(7-9-14)15(19)17-16(4,5)12(3)18/h6-9,11-12,18H,10H2,1-5H3,(H,17,19). The molecular weight excluding hydrogens is 254 g/mol. The summed E-state index contributed by atoms with van der Waals surface area (Å²) in [6.45, 7) is 10.1. The minimum absolute atomic E-state index is 0.202. The number of ether oxygens (including phenoxy) is 1. The third-order valence-corrected chi connectivity index (χ3v) is 3.18.